The van der Waals surface area contributed by atoms with Gasteiger partial charge in [-0.25, -0.2) is 4.79 Å². The predicted octanol–water partition coefficient (Wildman–Crippen LogP) is 2.19. The van der Waals surface area contributed by atoms with E-state index in [1.54, 1.807) is 25.5 Å². The van der Waals surface area contributed by atoms with Crippen LogP contribution in [0.5, 0.6) is 0 Å². The summed E-state index contributed by atoms with van der Waals surface area (Å²) in [5, 5.41) is 0. The molecule has 17 heavy (non-hydrogen) atoms. The minimum atomic E-state index is -0.344. The van der Waals surface area contributed by atoms with E-state index in [0.717, 1.165) is 16.6 Å². The summed E-state index contributed by atoms with van der Waals surface area (Å²) in [6, 6.07) is 9.51. The summed E-state index contributed by atoms with van der Waals surface area (Å²) in [6.45, 7) is 0. The van der Waals surface area contributed by atoms with Gasteiger partial charge in [-0.05, 0) is 23.8 Å². The Hall–Kier alpha value is -2.36. The van der Waals surface area contributed by atoms with Crippen LogP contribution >= 0.6 is 0 Å². The van der Waals surface area contributed by atoms with Crippen molar-refractivity contribution in [3.63, 3.8) is 0 Å². The first kappa shape index (κ1) is 9.84. The highest BCUT2D eigenvalue weighted by molar-refractivity contribution is 5.80. The Labute approximate surface area is 97.1 Å². The van der Waals surface area contributed by atoms with E-state index in [2.05, 4.69) is 4.98 Å². The lowest BCUT2D eigenvalue weighted by atomic mass is 10.1. The molecule has 0 spiro atoms. The molecule has 0 fully saturated rings. The Morgan fingerprint density at radius 2 is 2.12 bits per heavy atom. The van der Waals surface area contributed by atoms with E-state index in [1.165, 1.54) is 4.57 Å². The maximum atomic E-state index is 11.4. The lowest BCUT2D eigenvalue weighted by Crippen LogP contribution is -2.08. The van der Waals surface area contributed by atoms with Crippen molar-refractivity contribution in [3.8, 4) is 11.1 Å². The van der Waals surface area contributed by atoms with Gasteiger partial charge < -0.3 is 4.42 Å². The van der Waals surface area contributed by atoms with Crippen molar-refractivity contribution < 1.29 is 4.42 Å². The molecule has 1 aromatic carbocycles. The molecule has 0 saturated heterocycles. The zero-order valence-corrected chi connectivity index (χ0v) is 9.25. The molecule has 3 aromatic rings. The van der Waals surface area contributed by atoms with E-state index in [4.69, 9.17) is 4.42 Å². The van der Waals surface area contributed by atoms with Crippen LogP contribution < -0.4 is 5.76 Å². The fourth-order valence-corrected chi connectivity index (χ4v) is 1.84. The van der Waals surface area contributed by atoms with Crippen LogP contribution in [0.25, 0.3) is 22.2 Å². The third-order valence-corrected chi connectivity index (χ3v) is 2.79. The maximum Gasteiger partial charge on any atom is 0.419 e. The summed E-state index contributed by atoms with van der Waals surface area (Å²) in [7, 11) is 1.70. The van der Waals surface area contributed by atoms with Crippen LogP contribution in [0.1, 0.15) is 0 Å². The number of hydrogen-bond acceptors (Lipinski definition) is 3. The number of nitrogens with zero attached hydrogens (tertiary/aromatic N) is 2. The van der Waals surface area contributed by atoms with Gasteiger partial charge >= 0.3 is 5.76 Å². The first-order valence-electron chi connectivity index (χ1n) is 5.26. The summed E-state index contributed by atoms with van der Waals surface area (Å²) in [4.78, 5) is 15.4. The summed E-state index contributed by atoms with van der Waals surface area (Å²) in [5.41, 5.74) is 3.42. The molecule has 0 aliphatic carbocycles. The minimum Gasteiger partial charge on any atom is -0.408 e. The van der Waals surface area contributed by atoms with Crippen molar-refractivity contribution in [2.24, 2.45) is 7.05 Å². The molecular weight excluding hydrogens is 216 g/mol. The number of oxazole rings is 1. The van der Waals surface area contributed by atoms with E-state index < -0.39 is 0 Å². The van der Waals surface area contributed by atoms with Gasteiger partial charge in [0, 0.05) is 25.0 Å². The Kier molecular flexibility index (Phi) is 2.08. The molecular formula is C13H10N2O2. The average Bonchev–Trinajstić information content (AvgIpc) is 2.66. The molecule has 0 unspecified atom stereocenters. The number of hydrogen-bond donors (Lipinski definition) is 0. The van der Waals surface area contributed by atoms with Crippen LogP contribution in [0, 0.1) is 0 Å². The van der Waals surface area contributed by atoms with Crippen LogP contribution in [0.3, 0.4) is 0 Å². The summed E-state index contributed by atoms with van der Waals surface area (Å²) in [6.07, 6.45) is 3.52. The smallest absolute Gasteiger partial charge is 0.408 e. The molecule has 0 N–H and O–H groups in total. The molecule has 2 heterocycles. The highest BCUT2D eigenvalue weighted by Crippen LogP contribution is 2.22. The van der Waals surface area contributed by atoms with Crippen LogP contribution in [-0.2, 0) is 7.05 Å². The second kappa shape index (κ2) is 3.59. The van der Waals surface area contributed by atoms with Gasteiger partial charge in [-0.15, -0.1) is 0 Å². The molecule has 0 radical (unpaired) electrons. The van der Waals surface area contributed by atoms with Crippen LogP contribution in [0.4, 0.5) is 0 Å². The molecule has 0 amide bonds. The summed E-state index contributed by atoms with van der Waals surface area (Å²) < 4.78 is 6.58. The van der Waals surface area contributed by atoms with E-state index in [-0.39, 0.29) is 5.76 Å². The molecule has 3 rings (SSSR count). The van der Waals surface area contributed by atoms with Crippen LogP contribution in [0.2, 0.25) is 0 Å². The largest absolute Gasteiger partial charge is 0.419 e. The quantitative estimate of drug-likeness (QED) is 0.639. The number of rotatable bonds is 1. The van der Waals surface area contributed by atoms with E-state index in [0.29, 0.717) is 5.58 Å². The van der Waals surface area contributed by atoms with Crippen LogP contribution in [-0.4, -0.2) is 9.55 Å². The van der Waals surface area contributed by atoms with Crippen molar-refractivity contribution in [2.45, 2.75) is 0 Å². The standard InChI is InChI=1S/C13H10N2O2/c1-15-11-7-9(10-3-2-6-14-8-10)4-5-12(11)17-13(15)16/h2-8H,1H3. The molecule has 0 bridgehead atoms. The van der Waals surface area contributed by atoms with Gasteiger partial charge in [0.1, 0.15) is 0 Å². The van der Waals surface area contributed by atoms with Crippen molar-refractivity contribution >= 4 is 11.1 Å². The van der Waals surface area contributed by atoms with Gasteiger partial charge in [0.2, 0.25) is 0 Å². The molecule has 0 saturated carbocycles. The maximum absolute atomic E-state index is 11.4. The molecule has 0 aliphatic heterocycles. The molecule has 0 atom stereocenters. The Balaban J connectivity index is 2.27. The van der Waals surface area contributed by atoms with Crippen molar-refractivity contribution in [1.29, 1.82) is 0 Å². The van der Waals surface area contributed by atoms with E-state index >= 15 is 0 Å². The average molecular weight is 226 g/mol. The second-order valence-electron chi connectivity index (χ2n) is 3.85. The number of pyridine rings is 1. The Morgan fingerprint density at radius 1 is 1.24 bits per heavy atom. The third-order valence-electron chi connectivity index (χ3n) is 2.79. The molecule has 2 aromatic heterocycles. The first-order chi connectivity index (χ1) is 8.25. The molecule has 4 nitrogen and oxygen atoms in total. The fourth-order valence-electron chi connectivity index (χ4n) is 1.84. The zero-order valence-electron chi connectivity index (χ0n) is 9.25. The number of aryl methyl sites for hydroxylation is 1. The highest BCUT2D eigenvalue weighted by Gasteiger charge is 2.07. The number of fused-ring (bicyclic) bond motifs is 1. The lowest BCUT2D eigenvalue weighted by molar-refractivity contribution is 0.528. The van der Waals surface area contributed by atoms with Crippen molar-refractivity contribution in [2.75, 3.05) is 0 Å². The summed E-state index contributed by atoms with van der Waals surface area (Å²) >= 11 is 0. The van der Waals surface area contributed by atoms with Crippen LogP contribution in [0.15, 0.2) is 51.9 Å². The van der Waals surface area contributed by atoms with Crippen molar-refractivity contribution in [1.82, 2.24) is 9.55 Å². The van der Waals surface area contributed by atoms with Gasteiger partial charge in [-0.2, -0.15) is 0 Å². The number of aromatic nitrogens is 2. The van der Waals surface area contributed by atoms with Gasteiger partial charge in [0.15, 0.2) is 5.58 Å². The zero-order chi connectivity index (χ0) is 11.8. The summed E-state index contributed by atoms with van der Waals surface area (Å²) in [5.74, 6) is -0.344. The second-order valence-corrected chi connectivity index (χ2v) is 3.85. The molecule has 84 valence electrons. The Bertz CT molecular complexity index is 726. The van der Waals surface area contributed by atoms with Gasteiger partial charge in [0.25, 0.3) is 0 Å². The van der Waals surface area contributed by atoms with Gasteiger partial charge in [-0.1, -0.05) is 12.1 Å². The van der Waals surface area contributed by atoms with E-state index in [1.807, 2.05) is 24.3 Å². The first-order valence-corrected chi connectivity index (χ1v) is 5.26. The molecule has 4 heteroatoms. The SMILES string of the molecule is Cn1c(=O)oc2ccc(-c3cccnc3)cc21. The molecule has 0 aliphatic rings. The highest BCUT2D eigenvalue weighted by atomic mass is 16.4. The number of benzene rings is 1. The third kappa shape index (κ3) is 1.54. The van der Waals surface area contributed by atoms with Crippen molar-refractivity contribution in [3.05, 3.63) is 53.3 Å². The monoisotopic (exact) mass is 226 g/mol. The van der Waals surface area contributed by atoms with Gasteiger partial charge in [0.05, 0.1) is 5.52 Å². The predicted molar refractivity (Wildman–Crippen MR) is 64.7 cm³/mol. The topological polar surface area (TPSA) is 48.0 Å². The fraction of sp³-hybridized carbons (Fsp3) is 0.0769. The van der Waals surface area contributed by atoms with E-state index in [9.17, 15) is 4.79 Å². The lowest BCUT2D eigenvalue weighted by Gasteiger charge is -2.00. The normalized spacial score (nSPS) is 10.9. The minimum absolute atomic E-state index is 0.344. The Morgan fingerprint density at radius 3 is 2.88 bits per heavy atom. The van der Waals surface area contributed by atoms with Gasteiger partial charge in [-0.3, -0.25) is 9.55 Å².